The molecule has 1 unspecified atom stereocenters. The van der Waals surface area contributed by atoms with Gasteiger partial charge in [0.15, 0.2) is 0 Å². The lowest BCUT2D eigenvalue weighted by molar-refractivity contribution is -0.150. The van der Waals surface area contributed by atoms with Crippen molar-refractivity contribution in [3.63, 3.8) is 0 Å². The first-order chi connectivity index (χ1) is 7.65. The van der Waals surface area contributed by atoms with Gasteiger partial charge in [0.1, 0.15) is 0 Å². The molecule has 0 rings (SSSR count). The van der Waals surface area contributed by atoms with Crippen LogP contribution in [0.25, 0.3) is 0 Å². The Kier molecular flexibility index (Phi) is 7.85. The number of esters is 2. The molecular weight excluding hydrogens is 208 g/mol. The summed E-state index contributed by atoms with van der Waals surface area (Å²) in [6.07, 6.45) is 8.06. The average molecular weight is 226 g/mol. The molecule has 1 atom stereocenters. The van der Waals surface area contributed by atoms with Gasteiger partial charge in [-0.1, -0.05) is 31.2 Å². The van der Waals surface area contributed by atoms with E-state index < -0.39 is 17.9 Å². The summed E-state index contributed by atoms with van der Waals surface area (Å²) in [6.45, 7) is 2.01. The van der Waals surface area contributed by atoms with Crippen LogP contribution in [0.5, 0.6) is 0 Å². The number of hydrogen-bond donors (Lipinski definition) is 0. The van der Waals surface area contributed by atoms with Gasteiger partial charge in [0.25, 0.3) is 0 Å². The van der Waals surface area contributed by atoms with E-state index >= 15 is 0 Å². The molecule has 0 heterocycles. The zero-order valence-corrected chi connectivity index (χ0v) is 9.93. The molecule has 0 bridgehead atoms. The number of rotatable bonds is 6. The van der Waals surface area contributed by atoms with Crippen molar-refractivity contribution < 1.29 is 19.1 Å². The lowest BCUT2D eigenvalue weighted by Gasteiger charge is -2.08. The van der Waals surface area contributed by atoms with E-state index in [2.05, 4.69) is 9.47 Å². The number of hydrogen-bond acceptors (Lipinski definition) is 4. The first-order valence-corrected chi connectivity index (χ1v) is 5.13. The molecular formula is C12H18O4. The molecule has 0 amide bonds. The molecule has 0 aliphatic carbocycles. The molecule has 0 aliphatic rings. The van der Waals surface area contributed by atoms with Crippen LogP contribution in [0, 0.1) is 5.92 Å². The summed E-state index contributed by atoms with van der Waals surface area (Å²) in [5, 5.41) is 0. The highest BCUT2D eigenvalue weighted by atomic mass is 16.5. The van der Waals surface area contributed by atoms with E-state index in [0.29, 0.717) is 0 Å². The molecule has 0 aromatic rings. The second kappa shape index (κ2) is 8.71. The highest BCUT2D eigenvalue weighted by molar-refractivity contribution is 5.81. The lowest BCUT2D eigenvalue weighted by atomic mass is 10.1. The molecule has 0 aliphatic heterocycles. The van der Waals surface area contributed by atoms with Crippen LogP contribution in [-0.4, -0.2) is 26.2 Å². The Labute approximate surface area is 95.9 Å². The molecule has 16 heavy (non-hydrogen) atoms. The van der Waals surface area contributed by atoms with E-state index in [1.807, 2.05) is 19.1 Å². The second-order valence-corrected chi connectivity index (χ2v) is 3.13. The Balaban J connectivity index is 4.43. The van der Waals surface area contributed by atoms with Crippen molar-refractivity contribution in [3.05, 3.63) is 24.3 Å². The summed E-state index contributed by atoms with van der Waals surface area (Å²) >= 11 is 0. The SMILES string of the molecule is CCC=CC=CC(CC(=O)OC)C(=O)OC. The van der Waals surface area contributed by atoms with Crippen molar-refractivity contribution in [1.29, 1.82) is 0 Å². The van der Waals surface area contributed by atoms with Gasteiger partial charge in [-0.3, -0.25) is 9.59 Å². The number of methoxy groups -OCH3 is 2. The van der Waals surface area contributed by atoms with Gasteiger partial charge < -0.3 is 9.47 Å². The highest BCUT2D eigenvalue weighted by Crippen LogP contribution is 2.09. The molecule has 0 spiro atoms. The standard InChI is InChI=1S/C12H18O4/c1-4-5-6-7-8-10(12(14)16-3)9-11(13)15-2/h5-8,10H,4,9H2,1-3H3. The molecule has 4 heteroatoms. The molecule has 0 radical (unpaired) electrons. The Bertz CT molecular complexity index is 279. The van der Waals surface area contributed by atoms with Gasteiger partial charge in [0, 0.05) is 0 Å². The monoisotopic (exact) mass is 226 g/mol. The minimum absolute atomic E-state index is 0.000359. The minimum atomic E-state index is -0.584. The van der Waals surface area contributed by atoms with Crippen molar-refractivity contribution in [1.82, 2.24) is 0 Å². The fourth-order valence-electron chi connectivity index (χ4n) is 1.06. The molecule has 4 nitrogen and oxygen atoms in total. The van der Waals surface area contributed by atoms with Crippen LogP contribution in [0.4, 0.5) is 0 Å². The lowest BCUT2D eigenvalue weighted by Crippen LogP contribution is -2.18. The van der Waals surface area contributed by atoms with Crippen molar-refractivity contribution in [2.45, 2.75) is 19.8 Å². The van der Waals surface area contributed by atoms with Crippen LogP contribution in [-0.2, 0) is 19.1 Å². The van der Waals surface area contributed by atoms with Crippen LogP contribution in [0.1, 0.15) is 19.8 Å². The van der Waals surface area contributed by atoms with Gasteiger partial charge in [0.2, 0.25) is 0 Å². The number of allylic oxidation sites excluding steroid dienone is 3. The fraction of sp³-hybridized carbons (Fsp3) is 0.500. The van der Waals surface area contributed by atoms with Crippen molar-refractivity contribution in [2.75, 3.05) is 14.2 Å². The van der Waals surface area contributed by atoms with Gasteiger partial charge >= 0.3 is 11.9 Å². The molecule has 0 aromatic heterocycles. The third kappa shape index (κ3) is 6.01. The van der Waals surface area contributed by atoms with E-state index in [-0.39, 0.29) is 6.42 Å². The van der Waals surface area contributed by atoms with E-state index in [1.165, 1.54) is 14.2 Å². The summed E-state index contributed by atoms with van der Waals surface area (Å²) in [4.78, 5) is 22.4. The molecule has 0 N–H and O–H groups in total. The normalized spacial score (nSPS) is 12.9. The maximum atomic E-state index is 11.3. The largest absolute Gasteiger partial charge is 0.469 e. The van der Waals surface area contributed by atoms with Crippen LogP contribution >= 0.6 is 0 Å². The summed E-state index contributed by atoms with van der Waals surface area (Å²) in [5.74, 6) is -1.45. The summed E-state index contributed by atoms with van der Waals surface area (Å²) < 4.78 is 9.10. The Hall–Kier alpha value is -1.58. The van der Waals surface area contributed by atoms with Gasteiger partial charge in [-0.2, -0.15) is 0 Å². The second-order valence-electron chi connectivity index (χ2n) is 3.13. The van der Waals surface area contributed by atoms with E-state index in [9.17, 15) is 9.59 Å². The Morgan fingerprint density at radius 1 is 1.19 bits per heavy atom. The third-order valence-corrected chi connectivity index (χ3v) is 1.94. The highest BCUT2D eigenvalue weighted by Gasteiger charge is 2.19. The van der Waals surface area contributed by atoms with E-state index in [1.54, 1.807) is 12.2 Å². The topological polar surface area (TPSA) is 52.6 Å². The zero-order valence-electron chi connectivity index (χ0n) is 9.93. The van der Waals surface area contributed by atoms with Crippen molar-refractivity contribution in [2.24, 2.45) is 5.92 Å². The average Bonchev–Trinajstić information content (AvgIpc) is 2.31. The summed E-state index contributed by atoms with van der Waals surface area (Å²) in [7, 11) is 2.58. The van der Waals surface area contributed by atoms with Crippen LogP contribution in [0.3, 0.4) is 0 Å². The van der Waals surface area contributed by atoms with E-state index in [0.717, 1.165) is 6.42 Å². The van der Waals surface area contributed by atoms with Gasteiger partial charge in [-0.05, 0) is 6.42 Å². The van der Waals surface area contributed by atoms with Gasteiger partial charge in [0.05, 0.1) is 26.6 Å². The molecule has 90 valence electrons. The quantitative estimate of drug-likeness (QED) is 0.512. The summed E-state index contributed by atoms with van der Waals surface area (Å²) in [5.41, 5.74) is 0. The first kappa shape index (κ1) is 14.4. The zero-order chi connectivity index (χ0) is 12.4. The van der Waals surface area contributed by atoms with Gasteiger partial charge in [-0.25, -0.2) is 0 Å². The van der Waals surface area contributed by atoms with Gasteiger partial charge in [-0.15, -0.1) is 0 Å². The predicted molar refractivity (Wildman–Crippen MR) is 60.7 cm³/mol. The maximum Gasteiger partial charge on any atom is 0.313 e. The smallest absolute Gasteiger partial charge is 0.313 e. The number of carbonyl (C=O) groups excluding carboxylic acids is 2. The van der Waals surface area contributed by atoms with Crippen LogP contribution in [0.2, 0.25) is 0 Å². The fourth-order valence-corrected chi connectivity index (χ4v) is 1.06. The molecule has 0 saturated carbocycles. The molecule has 0 fully saturated rings. The summed E-state index contributed by atoms with van der Waals surface area (Å²) in [6, 6.07) is 0. The Morgan fingerprint density at radius 2 is 1.88 bits per heavy atom. The molecule has 0 aromatic carbocycles. The Morgan fingerprint density at radius 3 is 2.38 bits per heavy atom. The van der Waals surface area contributed by atoms with Crippen molar-refractivity contribution in [3.8, 4) is 0 Å². The van der Waals surface area contributed by atoms with Crippen LogP contribution in [0.15, 0.2) is 24.3 Å². The van der Waals surface area contributed by atoms with Crippen LogP contribution < -0.4 is 0 Å². The molecule has 0 saturated heterocycles. The third-order valence-electron chi connectivity index (χ3n) is 1.94. The first-order valence-electron chi connectivity index (χ1n) is 5.13. The number of ether oxygens (including phenoxy) is 2. The van der Waals surface area contributed by atoms with E-state index in [4.69, 9.17) is 0 Å². The van der Waals surface area contributed by atoms with Crippen molar-refractivity contribution >= 4 is 11.9 Å². The maximum absolute atomic E-state index is 11.3. The predicted octanol–water partition coefficient (Wildman–Crippen LogP) is 1.86. The minimum Gasteiger partial charge on any atom is -0.469 e. The number of carbonyl (C=O) groups is 2.